The van der Waals surface area contributed by atoms with Crippen molar-refractivity contribution in [2.24, 2.45) is 0 Å². The van der Waals surface area contributed by atoms with Crippen molar-refractivity contribution < 1.29 is 23.8 Å². The molecule has 1 amide bonds. The molecule has 2 N–H and O–H groups in total. The van der Waals surface area contributed by atoms with Crippen molar-refractivity contribution in [1.82, 2.24) is 14.8 Å². The number of benzene rings is 1. The fourth-order valence-corrected chi connectivity index (χ4v) is 3.47. The molecule has 2 heterocycles. The molecular weight excluding hydrogens is 351 g/mol. The van der Waals surface area contributed by atoms with Crippen LogP contribution in [-0.2, 0) is 22.7 Å². The highest BCUT2D eigenvalue weighted by Crippen LogP contribution is 2.34. The van der Waals surface area contributed by atoms with E-state index >= 15 is 0 Å². The number of thiophene rings is 1. The number of anilines is 1. The minimum Gasteiger partial charge on any atom is -0.480 e. The number of aliphatic carboxylic acids is 1. The second kappa shape index (κ2) is 6.95. The number of hydrogen-bond donors (Lipinski definition) is 2. The maximum Gasteiger partial charge on any atom is 0.325 e. The number of amides is 1. The van der Waals surface area contributed by atoms with Crippen LogP contribution in [0, 0.1) is 5.82 Å². The summed E-state index contributed by atoms with van der Waals surface area (Å²) in [5, 5.41) is 15.4. The largest absolute Gasteiger partial charge is 0.480 e. The number of aromatic nitrogens is 3. The van der Waals surface area contributed by atoms with Crippen LogP contribution in [0.1, 0.15) is 15.2 Å². The molecule has 3 rings (SSSR count). The fraction of sp³-hybridized carbons (Fsp3) is 0.200. The number of nitrogens with one attached hydrogen (secondary N) is 1. The highest BCUT2D eigenvalue weighted by Gasteiger charge is 2.21. The number of fused-ring (bicyclic) bond motifs is 1. The van der Waals surface area contributed by atoms with Gasteiger partial charge >= 0.3 is 5.97 Å². The summed E-state index contributed by atoms with van der Waals surface area (Å²) in [5.41, 5.74) is 0.447. The van der Waals surface area contributed by atoms with Gasteiger partial charge in [0.05, 0.1) is 11.5 Å². The zero-order valence-corrected chi connectivity index (χ0v) is 13.8. The maximum atomic E-state index is 14.1. The van der Waals surface area contributed by atoms with Gasteiger partial charge in [-0.25, -0.2) is 14.1 Å². The van der Waals surface area contributed by atoms with Crippen LogP contribution >= 0.6 is 11.3 Å². The van der Waals surface area contributed by atoms with Crippen molar-refractivity contribution in [2.75, 3.05) is 12.4 Å². The molecule has 0 radical (unpaired) electrons. The number of hydrogen-bond acceptors (Lipinski definition) is 6. The van der Waals surface area contributed by atoms with Crippen LogP contribution in [0.5, 0.6) is 0 Å². The van der Waals surface area contributed by atoms with E-state index in [-0.39, 0.29) is 24.0 Å². The summed E-state index contributed by atoms with van der Waals surface area (Å²) in [6.45, 7) is -0.295. The molecule has 8 nitrogen and oxygen atoms in total. The van der Waals surface area contributed by atoms with E-state index in [0.717, 1.165) is 16.0 Å². The van der Waals surface area contributed by atoms with Gasteiger partial charge < -0.3 is 9.84 Å². The minimum absolute atomic E-state index is 0.0347. The number of halogens is 1. The number of carboxylic acids is 1. The second-order valence-corrected chi connectivity index (χ2v) is 6.12. The molecule has 0 unspecified atom stereocenters. The lowest BCUT2D eigenvalue weighted by atomic mass is 10.1. The van der Waals surface area contributed by atoms with Gasteiger partial charge in [0, 0.05) is 22.8 Å². The number of rotatable bonds is 6. The van der Waals surface area contributed by atoms with Crippen LogP contribution in [0.3, 0.4) is 0 Å². The molecule has 0 bridgehead atoms. The van der Waals surface area contributed by atoms with Gasteiger partial charge in [-0.1, -0.05) is 6.07 Å². The number of carboxylic acid groups (broad SMARTS) is 1. The van der Waals surface area contributed by atoms with E-state index in [4.69, 9.17) is 9.84 Å². The second-order valence-electron chi connectivity index (χ2n) is 5.07. The molecule has 0 atom stereocenters. The number of ether oxygens (including phenoxy) is 1. The van der Waals surface area contributed by atoms with E-state index < -0.39 is 17.7 Å². The third-order valence-electron chi connectivity index (χ3n) is 3.32. The van der Waals surface area contributed by atoms with Crippen LogP contribution in [0.15, 0.2) is 24.5 Å². The van der Waals surface area contributed by atoms with Gasteiger partial charge in [0.1, 0.15) is 18.7 Å². The number of methoxy groups -OCH3 is 1. The highest BCUT2D eigenvalue weighted by molar-refractivity contribution is 7.21. The molecule has 0 saturated carbocycles. The van der Waals surface area contributed by atoms with Crippen molar-refractivity contribution >= 4 is 39.2 Å². The molecule has 0 aliphatic rings. The summed E-state index contributed by atoms with van der Waals surface area (Å²) in [5.74, 6) is -2.05. The third-order valence-corrected chi connectivity index (χ3v) is 4.51. The monoisotopic (exact) mass is 364 g/mol. The number of carbonyl (C=O) groups is 2. The van der Waals surface area contributed by atoms with Gasteiger partial charge in [0.25, 0.3) is 5.91 Å². The molecule has 10 heteroatoms. The van der Waals surface area contributed by atoms with Crippen molar-refractivity contribution in [3.63, 3.8) is 0 Å². The Hall–Kier alpha value is -2.85. The fourth-order valence-electron chi connectivity index (χ4n) is 2.36. The van der Waals surface area contributed by atoms with Gasteiger partial charge in [-0.15, -0.1) is 16.4 Å². The van der Waals surface area contributed by atoms with E-state index in [1.165, 1.54) is 19.5 Å². The van der Waals surface area contributed by atoms with Gasteiger partial charge in [0.2, 0.25) is 5.95 Å². The first kappa shape index (κ1) is 17.0. The molecular formula is C15H13FN4O4S. The van der Waals surface area contributed by atoms with E-state index in [1.54, 1.807) is 12.1 Å². The quantitative estimate of drug-likeness (QED) is 0.694. The van der Waals surface area contributed by atoms with E-state index in [0.29, 0.717) is 15.6 Å². The molecule has 2 aromatic heterocycles. The van der Waals surface area contributed by atoms with Crippen molar-refractivity contribution in [3.8, 4) is 0 Å². The standard InChI is InChI=1S/C15H13FN4O4S/c1-24-6-8-12-9(16)3-2-4-10(12)25-13(8)14(23)18-15-17-7-20(19-15)5-11(21)22/h2-4,7H,5-6H2,1H3,(H,21,22)(H,18,19,23). The minimum atomic E-state index is -1.08. The zero-order valence-electron chi connectivity index (χ0n) is 13.0. The molecule has 0 aliphatic heterocycles. The summed E-state index contributed by atoms with van der Waals surface area (Å²) in [6, 6.07) is 4.62. The van der Waals surface area contributed by atoms with E-state index in [2.05, 4.69) is 15.4 Å². The summed E-state index contributed by atoms with van der Waals surface area (Å²) in [7, 11) is 1.46. The van der Waals surface area contributed by atoms with Gasteiger partial charge in [-0.3, -0.25) is 14.9 Å². The van der Waals surface area contributed by atoms with E-state index in [9.17, 15) is 14.0 Å². The summed E-state index contributed by atoms with van der Waals surface area (Å²) in [6.07, 6.45) is 1.20. The Labute approximate surface area is 144 Å². The number of carbonyl (C=O) groups excluding carboxylic acids is 1. The normalized spacial score (nSPS) is 11.0. The smallest absolute Gasteiger partial charge is 0.325 e. The van der Waals surface area contributed by atoms with Crippen LogP contribution in [0.4, 0.5) is 10.3 Å². The zero-order chi connectivity index (χ0) is 18.0. The molecule has 0 saturated heterocycles. The van der Waals surface area contributed by atoms with E-state index in [1.807, 2.05) is 0 Å². The molecule has 25 heavy (non-hydrogen) atoms. The van der Waals surface area contributed by atoms with Crippen LogP contribution in [0.2, 0.25) is 0 Å². The first-order chi connectivity index (χ1) is 12.0. The Morgan fingerprint density at radius 1 is 1.44 bits per heavy atom. The molecule has 0 fully saturated rings. The molecule has 130 valence electrons. The third kappa shape index (κ3) is 3.49. The summed E-state index contributed by atoms with van der Waals surface area (Å²) in [4.78, 5) is 27.3. The van der Waals surface area contributed by atoms with Gasteiger partial charge in [0.15, 0.2) is 0 Å². The van der Waals surface area contributed by atoms with Crippen LogP contribution in [-0.4, -0.2) is 38.9 Å². The Morgan fingerprint density at radius 2 is 2.24 bits per heavy atom. The summed E-state index contributed by atoms with van der Waals surface area (Å²) < 4.78 is 20.9. The lowest BCUT2D eigenvalue weighted by Crippen LogP contribution is -2.15. The SMILES string of the molecule is COCc1c(C(=O)Nc2ncn(CC(=O)O)n2)sc2cccc(F)c12. The lowest BCUT2D eigenvalue weighted by molar-refractivity contribution is -0.137. The molecule has 0 spiro atoms. The van der Waals surface area contributed by atoms with Crippen LogP contribution < -0.4 is 5.32 Å². The average Bonchev–Trinajstić information content (AvgIpc) is 3.13. The molecule has 0 aliphatic carbocycles. The Morgan fingerprint density at radius 3 is 2.96 bits per heavy atom. The topological polar surface area (TPSA) is 106 Å². The highest BCUT2D eigenvalue weighted by atomic mass is 32.1. The van der Waals surface area contributed by atoms with Gasteiger partial charge in [-0.05, 0) is 12.1 Å². The number of nitrogens with zero attached hydrogens (tertiary/aromatic N) is 3. The molecule has 1 aromatic carbocycles. The Kier molecular flexibility index (Phi) is 4.72. The van der Waals surface area contributed by atoms with Crippen LogP contribution in [0.25, 0.3) is 10.1 Å². The predicted octanol–water partition coefficient (Wildman–Crippen LogP) is 2.12. The summed E-state index contributed by atoms with van der Waals surface area (Å²) >= 11 is 1.13. The predicted molar refractivity (Wildman–Crippen MR) is 88.1 cm³/mol. The first-order valence-corrected chi connectivity index (χ1v) is 7.92. The van der Waals surface area contributed by atoms with Crippen molar-refractivity contribution in [1.29, 1.82) is 0 Å². The Balaban J connectivity index is 1.91. The lowest BCUT2D eigenvalue weighted by Gasteiger charge is -2.04. The van der Waals surface area contributed by atoms with Crippen molar-refractivity contribution in [2.45, 2.75) is 13.2 Å². The van der Waals surface area contributed by atoms with Crippen molar-refractivity contribution in [3.05, 3.63) is 40.8 Å². The first-order valence-electron chi connectivity index (χ1n) is 7.11. The Bertz CT molecular complexity index is 952. The maximum absolute atomic E-state index is 14.1. The average molecular weight is 364 g/mol. The van der Waals surface area contributed by atoms with Gasteiger partial charge in [-0.2, -0.15) is 0 Å². The molecule has 3 aromatic rings.